The second kappa shape index (κ2) is 5.42. The Morgan fingerprint density at radius 1 is 1.10 bits per heavy atom. The van der Waals surface area contributed by atoms with Crippen LogP contribution in [-0.4, -0.2) is 15.6 Å². The minimum Gasteiger partial charge on any atom is -0.384 e. The third-order valence-corrected chi connectivity index (χ3v) is 3.50. The zero-order valence-corrected chi connectivity index (χ0v) is 11.9. The van der Waals surface area contributed by atoms with Crippen LogP contribution in [0.5, 0.6) is 0 Å². The van der Waals surface area contributed by atoms with Gasteiger partial charge in [-0.25, -0.2) is 4.68 Å². The fraction of sp³-hybridized carbons (Fsp3) is 0. The van der Waals surface area contributed by atoms with Crippen LogP contribution in [0.25, 0.3) is 16.8 Å². The molecule has 0 aliphatic carbocycles. The van der Waals surface area contributed by atoms with Crippen molar-refractivity contribution in [1.29, 1.82) is 5.41 Å². The van der Waals surface area contributed by atoms with Gasteiger partial charge >= 0.3 is 0 Å². The molecular weight excluding hydrogens is 284 g/mol. The molecule has 0 radical (unpaired) electrons. The molecule has 0 bridgehead atoms. The topological polar surface area (TPSA) is 67.7 Å². The zero-order valence-electron chi connectivity index (χ0n) is 11.1. The molecule has 2 aromatic carbocycles. The first-order chi connectivity index (χ1) is 10.1. The van der Waals surface area contributed by atoms with Crippen LogP contribution in [0, 0.1) is 5.41 Å². The van der Waals surface area contributed by atoms with E-state index < -0.39 is 0 Å². The maximum absolute atomic E-state index is 7.42. The number of amidine groups is 1. The summed E-state index contributed by atoms with van der Waals surface area (Å²) in [5.41, 5.74) is 8.92. The van der Waals surface area contributed by atoms with Crippen molar-refractivity contribution in [3.63, 3.8) is 0 Å². The lowest BCUT2D eigenvalue weighted by Gasteiger charge is -2.06. The van der Waals surface area contributed by atoms with Crippen molar-refractivity contribution in [3.8, 4) is 16.8 Å². The minimum atomic E-state index is -0.00566. The molecule has 1 heterocycles. The molecule has 4 nitrogen and oxygen atoms in total. The highest BCUT2D eigenvalue weighted by molar-refractivity contribution is 6.32. The van der Waals surface area contributed by atoms with E-state index in [4.69, 9.17) is 22.7 Å². The summed E-state index contributed by atoms with van der Waals surface area (Å²) in [5.74, 6) is -0.00566. The highest BCUT2D eigenvalue weighted by Gasteiger charge is 2.08. The molecule has 3 N–H and O–H groups in total. The van der Waals surface area contributed by atoms with Crippen LogP contribution < -0.4 is 5.73 Å². The third kappa shape index (κ3) is 2.66. The van der Waals surface area contributed by atoms with E-state index in [1.54, 1.807) is 29.1 Å². The number of nitrogen functional groups attached to an aromatic ring is 1. The molecule has 5 heteroatoms. The van der Waals surface area contributed by atoms with Gasteiger partial charge in [-0.05, 0) is 23.8 Å². The van der Waals surface area contributed by atoms with E-state index in [0.717, 1.165) is 16.8 Å². The van der Waals surface area contributed by atoms with Crippen LogP contribution in [0.4, 0.5) is 0 Å². The number of hydrogen-bond acceptors (Lipinski definition) is 2. The van der Waals surface area contributed by atoms with E-state index in [1.165, 1.54) is 0 Å². The Morgan fingerprint density at radius 3 is 2.52 bits per heavy atom. The van der Waals surface area contributed by atoms with Crippen molar-refractivity contribution >= 4 is 17.4 Å². The highest BCUT2D eigenvalue weighted by Crippen LogP contribution is 2.24. The Hall–Kier alpha value is -2.59. The zero-order chi connectivity index (χ0) is 14.8. The quantitative estimate of drug-likeness (QED) is 0.574. The maximum Gasteiger partial charge on any atom is 0.122 e. The Kier molecular flexibility index (Phi) is 3.46. The lowest BCUT2D eigenvalue weighted by molar-refractivity contribution is 0.880. The largest absolute Gasteiger partial charge is 0.384 e. The van der Waals surface area contributed by atoms with Gasteiger partial charge in [-0.1, -0.05) is 41.9 Å². The number of benzene rings is 2. The number of nitrogens with one attached hydrogen (secondary N) is 1. The van der Waals surface area contributed by atoms with Crippen molar-refractivity contribution in [2.75, 3.05) is 0 Å². The number of aromatic nitrogens is 2. The van der Waals surface area contributed by atoms with Crippen LogP contribution >= 0.6 is 11.6 Å². The second-order valence-electron chi connectivity index (χ2n) is 4.62. The number of rotatable bonds is 3. The SMILES string of the molecule is N=C(N)c1ccc(-n2cc(-c3ccccc3)cn2)c(Cl)c1. The van der Waals surface area contributed by atoms with E-state index in [2.05, 4.69) is 5.10 Å². The molecule has 3 aromatic rings. The smallest absolute Gasteiger partial charge is 0.122 e. The monoisotopic (exact) mass is 296 g/mol. The van der Waals surface area contributed by atoms with E-state index >= 15 is 0 Å². The summed E-state index contributed by atoms with van der Waals surface area (Å²) in [4.78, 5) is 0. The fourth-order valence-electron chi connectivity index (χ4n) is 2.09. The number of halogens is 1. The van der Waals surface area contributed by atoms with Gasteiger partial charge in [0.1, 0.15) is 5.84 Å². The lowest BCUT2D eigenvalue weighted by atomic mass is 10.1. The van der Waals surface area contributed by atoms with Crippen LogP contribution in [0.1, 0.15) is 5.56 Å². The highest BCUT2D eigenvalue weighted by atomic mass is 35.5. The van der Waals surface area contributed by atoms with Crippen molar-refractivity contribution < 1.29 is 0 Å². The van der Waals surface area contributed by atoms with Crippen molar-refractivity contribution in [1.82, 2.24) is 9.78 Å². The molecule has 0 unspecified atom stereocenters. The molecule has 1 aromatic heterocycles. The second-order valence-corrected chi connectivity index (χ2v) is 5.03. The van der Waals surface area contributed by atoms with E-state index in [0.29, 0.717) is 10.6 Å². The Balaban J connectivity index is 1.99. The predicted octanol–water partition coefficient (Wildman–Crippen LogP) is 3.48. The van der Waals surface area contributed by atoms with Crippen molar-refractivity contribution in [2.24, 2.45) is 5.73 Å². The van der Waals surface area contributed by atoms with Gasteiger partial charge in [0.05, 0.1) is 16.9 Å². The van der Waals surface area contributed by atoms with Crippen molar-refractivity contribution in [2.45, 2.75) is 0 Å². The molecule has 0 atom stereocenters. The fourth-order valence-corrected chi connectivity index (χ4v) is 2.36. The van der Waals surface area contributed by atoms with Crippen LogP contribution in [0.3, 0.4) is 0 Å². The molecule has 3 rings (SSSR count). The Labute approximate surface area is 127 Å². The number of nitrogens with two attached hydrogens (primary N) is 1. The van der Waals surface area contributed by atoms with Gasteiger partial charge < -0.3 is 5.73 Å². The van der Waals surface area contributed by atoms with Gasteiger partial charge in [0.15, 0.2) is 0 Å². The number of nitrogens with zero attached hydrogens (tertiary/aromatic N) is 2. The molecule has 104 valence electrons. The third-order valence-electron chi connectivity index (χ3n) is 3.20. The van der Waals surface area contributed by atoms with Gasteiger partial charge in [-0.15, -0.1) is 0 Å². The average molecular weight is 297 g/mol. The average Bonchev–Trinajstić information content (AvgIpc) is 2.97. The normalized spacial score (nSPS) is 10.5. The molecule has 0 saturated carbocycles. The first kappa shape index (κ1) is 13.4. The first-order valence-corrected chi connectivity index (χ1v) is 6.77. The molecular formula is C16H13ClN4. The Bertz CT molecular complexity index is 793. The summed E-state index contributed by atoms with van der Waals surface area (Å²) < 4.78 is 1.72. The van der Waals surface area contributed by atoms with Gasteiger partial charge in [0.25, 0.3) is 0 Å². The number of hydrogen-bond donors (Lipinski definition) is 2. The standard InChI is InChI=1S/C16H13ClN4/c17-14-8-12(16(18)19)6-7-15(14)21-10-13(9-20-21)11-4-2-1-3-5-11/h1-10H,(H3,18,19). The van der Waals surface area contributed by atoms with E-state index in [1.807, 2.05) is 36.5 Å². The summed E-state index contributed by atoms with van der Waals surface area (Å²) >= 11 is 6.25. The van der Waals surface area contributed by atoms with Crippen molar-refractivity contribution in [3.05, 3.63) is 71.5 Å². The van der Waals surface area contributed by atoms with Crippen LogP contribution in [0.2, 0.25) is 5.02 Å². The van der Waals surface area contributed by atoms with Gasteiger partial charge in [-0.3, -0.25) is 5.41 Å². The van der Waals surface area contributed by atoms with Crippen LogP contribution in [0.15, 0.2) is 60.9 Å². The van der Waals surface area contributed by atoms with Gasteiger partial charge in [0.2, 0.25) is 0 Å². The molecule has 0 amide bonds. The van der Waals surface area contributed by atoms with Crippen LogP contribution in [-0.2, 0) is 0 Å². The van der Waals surface area contributed by atoms with E-state index in [-0.39, 0.29) is 5.84 Å². The Morgan fingerprint density at radius 2 is 1.86 bits per heavy atom. The molecule has 0 aliphatic rings. The molecule has 21 heavy (non-hydrogen) atoms. The molecule has 0 spiro atoms. The van der Waals surface area contributed by atoms with Gasteiger partial charge in [0, 0.05) is 17.3 Å². The summed E-state index contributed by atoms with van der Waals surface area (Å²) in [6.07, 6.45) is 3.72. The minimum absolute atomic E-state index is 0.00566. The van der Waals surface area contributed by atoms with E-state index in [9.17, 15) is 0 Å². The summed E-state index contributed by atoms with van der Waals surface area (Å²) in [6.45, 7) is 0. The summed E-state index contributed by atoms with van der Waals surface area (Å²) in [7, 11) is 0. The maximum atomic E-state index is 7.42. The summed E-state index contributed by atoms with van der Waals surface area (Å²) in [5, 5.41) is 12.3. The molecule has 0 fully saturated rings. The predicted molar refractivity (Wildman–Crippen MR) is 85.0 cm³/mol. The molecule has 0 saturated heterocycles. The molecule has 0 aliphatic heterocycles. The lowest BCUT2D eigenvalue weighted by Crippen LogP contribution is -2.11. The summed E-state index contributed by atoms with van der Waals surface area (Å²) in [6, 6.07) is 15.2. The van der Waals surface area contributed by atoms with Gasteiger partial charge in [-0.2, -0.15) is 5.10 Å². The first-order valence-electron chi connectivity index (χ1n) is 6.39.